The van der Waals surface area contributed by atoms with Crippen molar-refractivity contribution in [1.82, 2.24) is 4.72 Å². The molecule has 3 rings (SSSR count). The Bertz CT molecular complexity index is 736. The third-order valence-electron chi connectivity index (χ3n) is 4.00. The molecule has 21 heavy (non-hydrogen) atoms. The standard InChI is InChI=1S/C17H19NO2S/c1-13-9-11-15(12-10-13)21(19,20)18-17-8-4-6-14-5-2-3-7-16(14)17/h2-3,5,7,9-12,17-18H,4,6,8H2,1H3/t17-/m0/s1. The molecule has 0 bridgehead atoms. The van der Waals surface area contributed by atoms with Gasteiger partial charge in [-0.3, -0.25) is 0 Å². The van der Waals surface area contributed by atoms with Gasteiger partial charge in [-0.05, 0) is 49.4 Å². The molecule has 3 nitrogen and oxygen atoms in total. The Balaban J connectivity index is 1.88. The van der Waals surface area contributed by atoms with E-state index < -0.39 is 10.0 Å². The van der Waals surface area contributed by atoms with Crippen molar-refractivity contribution in [3.05, 3.63) is 65.2 Å². The highest BCUT2D eigenvalue weighted by atomic mass is 32.2. The Morgan fingerprint density at radius 2 is 1.76 bits per heavy atom. The summed E-state index contributed by atoms with van der Waals surface area (Å²) >= 11 is 0. The first kappa shape index (κ1) is 14.3. The minimum Gasteiger partial charge on any atom is -0.207 e. The molecule has 1 aliphatic rings. The topological polar surface area (TPSA) is 46.2 Å². The lowest BCUT2D eigenvalue weighted by molar-refractivity contribution is 0.507. The molecule has 4 heteroatoms. The van der Waals surface area contributed by atoms with Crippen LogP contribution in [0, 0.1) is 6.92 Å². The summed E-state index contributed by atoms with van der Waals surface area (Å²) in [5, 5.41) is 0. The molecule has 110 valence electrons. The van der Waals surface area contributed by atoms with Crippen LogP contribution < -0.4 is 4.72 Å². The zero-order valence-electron chi connectivity index (χ0n) is 12.0. The second kappa shape index (κ2) is 5.62. The van der Waals surface area contributed by atoms with Gasteiger partial charge in [0.15, 0.2) is 0 Å². The summed E-state index contributed by atoms with van der Waals surface area (Å²) in [6.45, 7) is 1.95. The lowest BCUT2D eigenvalue weighted by Gasteiger charge is -2.26. The van der Waals surface area contributed by atoms with E-state index in [0.29, 0.717) is 4.90 Å². The van der Waals surface area contributed by atoms with Gasteiger partial charge in [0.25, 0.3) is 0 Å². The molecule has 0 saturated carbocycles. The number of fused-ring (bicyclic) bond motifs is 1. The monoisotopic (exact) mass is 301 g/mol. The summed E-state index contributed by atoms with van der Waals surface area (Å²) in [7, 11) is -3.47. The molecule has 1 N–H and O–H groups in total. The lowest BCUT2D eigenvalue weighted by atomic mass is 9.88. The van der Waals surface area contributed by atoms with Crippen LogP contribution in [0.15, 0.2) is 53.4 Å². The van der Waals surface area contributed by atoms with Gasteiger partial charge in [0.1, 0.15) is 0 Å². The molecule has 2 aromatic rings. The maximum absolute atomic E-state index is 12.5. The largest absolute Gasteiger partial charge is 0.241 e. The van der Waals surface area contributed by atoms with Gasteiger partial charge in [-0.1, -0.05) is 42.0 Å². The third-order valence-corrected chi connectivity index (χ3v) is 5.49. The first-order valence-corrected chi connectivity index (χ1v) is 8.71. The van der Waals surface area contributed by atoms with Crippen molar-refractivity contribution < 1.29 is 8.42 Å². The van der Waals surface area contributed by atoms with Crippen molar-refractivity contribution >= 4 is 10.0 Å². The van der Waals surface area contributed by atoms with E-state index in [1.54, 1.807) is 12.1 Å². The van der Waals surface area contributed by atoms with Crippen LogP contribution in [-0.4, -0.2) is 8.42 Å². The normalized spacial score (nSPS) is 18.2. The molecular weight excluding hydrogens is 282 g/mol. The molecule has 0 saturated heterocycles. The Morgan fingerprint density at radius 1 is 1.05 bits per heavy atom. The molecular formula is C17H19NO2S. The number of hydrogen-bond acceptors (Lipinski definition) is 2. The number of rotatable bonds is 3. The fraction of sp³-hybridized carbons (Fsp3) is 0.294. The van der Waals surface area contributed by atoms with E-state index in [0.717, 1.165) is 30.4 Å². The van der Waals surface area contributed by atoms with E-state index in [9.17, 15) is 8.42 Å². The minimum absolute atomic E-state index is 0.124. The number of sulfonamides is 1. The van der Waals surface area contributed by atoms with Crippen molar-refractivity contribution in [1.29, 1.82) is 0 Å². The van der Waals surface area contributed by atoms with E-state index in [4.69, 9.17) is 0 Å². The van der Waals surface area contributed by atoms with Crippen molar-refractivity contribution in [3.8, 4) is 0 Å². The van der Waals surface area contributed by atoms with Crippen LogP contribution in [0.5, 0.6) is 0 Å². The number of aryl methyl sites for hydroxylation is 2. The van der Waals surface area contributed by atoms with Crippen molar-refractivity contribution in [2.45, 2.75) is 37.1 Å². The van der Waals surface area contributed by atoms with Crippen LogP contribution in [0.2, 0.25) is 0 Å². The van der Waals surface area contributed by atoms with Gasteiger partial charge in [0.2, 0.25) is 10.0 Å². The third kappa shape index (κ3) is 3.01. The summed E-state index contributed by atoms with van der Waals surface area (Å²) in [5.41, 5.74) is 3.41. The Hall–Kier alpha value is -1.65. The smallest absolute Gasteiger partial charge is 0.207 e. The van der Waals surface area contributed by atoms with Gasteiger partial charge in [0, 0.05) is 6.04 Å². The molecule has 0 heterocycles. The Morgan fingerprint density at radius 3 is 2.52 bits per heavy atom. The van der Waals surface area contributed by atoms with Crippen molar-refractivity contribution in [3.63, 3.8) is 0 Å². The molecule has 0 spiro atoms. The predicted octanol–water partition coefficient (Wildman–Crippen LogP) is 3.35. The maximum atomic E-state index is 12.5. The van der Waals surface area contributed by atoms with Crippen molar-refractivity contribution in [2.75, 3.05) is 0 Å². The molecule has 0 unspecified atom stereocenters. The summed E-state index contributed by atoms with van der Waals surface area (Å²) in [5.74, 6) is 0. The highest BCUT2D eigenvalue weighted by molar-refractivity contribution is 7.89. The highest BCUT2D eigenvalue weighted by Crippen LogP contribution is 2.30. The van der Waals surface area contributed by atoms with Crippen LogP contribution in [0.4, 0.5) is 0 Å². The van der Waals surface area contributed by atoms with Gasteiger partial charge in [-0.25, -0.2) is 13.1 Å². The molecule has 0 aromatic heterocycles. The summed E-state index contributed by atoms with van der Waals surface area (Å²) < 4.78 is 27.9. The number of nitrogens with one attached hydrogen (secondary N) is 1. The highest BCUT2D eigenvalue weighted by Gasteiger charge is 2.25. The molecule has 1 aliphatic carbocycles. The van der Waals surface area contributed by atoms with Crippen LogP contribution in [-0.2, 0) is 16.4 Å². The fourth-order valence-corrected chi connectivity index (χ4v) is 4.10. The number of hydrogen-bond donors (Lipinski definition) is 1. The zero-order chi connectivity index (χ0) is 14.9. The van der Waals surface area contributed by atoms with Gasteiger partial charge in [-0.2, -0.15) is 0 Å². The average molecular weight is 301 g/mol. The van der Waals surface area contributed by atoms with E-state index in [1.807, 2.05) is 37.3 Å². The van der Waals surface area contributed by atoms with E-state index in [-0.39, 0.29) is 6.04 Å². The van der Waals surface area contributed by atoms with Gasteiger partial charge in [0.05, 0.1) is 4.90 Å². The predicted molar refractivity (Wildman–Crippen MR) is 83.6 cm³/mol. The van der Waals surface area contributed by atoms with Gasteiger partial charge < -0.3 is 0 Å². The van der Waals surface area contributed by atoms with E-state index >= 15 is 0 Å². The molecule has 0 aliphatic heterocycles. The van der Waals surface area contributed by atoms with E-state index in [1.165, 1.54) is 5.56 Å². The maximum Gasteiger partial charge on any atom is 0.241 e. The zero-order valence-corrected chi connectivity index (χ0v) is 12.9. The van der Waals surface area contributed by atoms with Crippen LogP contribution in [0.1, 0.15) is 35.6 Å². The fourth-order valence-electron chi connectivity index (χ4n) is 2.85. The van der Waals surface area contributed by atoms with Gasteiger partial charge >= 0.3 is 0 Å². The quantitative estimate of drug-likeness (QED) is 0.945. The second-order valence-electron chi connectivity index (χ2n) is 5.58. The summed E-state index contributed by atoms with van der Waals surface area (Å²) in [6.07, 6.45) is 2.89. The molecule has 1 atom stereocenters. The van der Waals surface area contributed by atoms with Gasteiger partial charge in [-0.15, -0.1) is 0 Å². The molecule has 0 fully saturated rings. The molecule has 0 radical (unpaired) electrons. The Labute approximate surface area is 126 Å². The molecule has 2 aromatic carbocycles. The first-order valence-electron chi connectivity index (χ1n) is 7.23. The van der Waals surface area contributed by atoms with Crippen molar-refractivity contribution in [2.24, 2.45) is 0 Å². The average Bonchev–Trinajstić information content (AvgIpc) is 2.48. The van der Waals surface area contributed by atoms with Crippen LogP contribution in [0.25, 0.3) is 0 Å². The summed E-state index contributed by atoms with van der Waals surface area (Å²) in [4.78, 5) is 0.330. The SMILES string of the molecule is Cc1ccc(S(=O)(=O)N[C@H]2CCCc3ccccc32)cc1. The first-order chi connectivity index (χ1) is 10.1. The summed E-state index contributed by atoms with van der Waals surface area (Å²) in [6, 6.07) is 14.9. The van der Waals surface area contributed by atoms with Crippen LogP contribution >= 0.6 is 0 Å². The molecule has 0 amide bonds. The Kier molecular flexibility index (Phi) is 3.83. The minimum atomic E-state index is -3.47. The second-order valence-corrected chi connectivity index (χ2v) is 7.29. The van der Waals surface area contributed by atoms with Crippen LogP contribution in [0.3, 0.4) is 0 Å². The number of benzene rings is 2. The van der Waals surface area contributed by atoms with E-state index in [2.05, 4.69) is 10.8 Å². The lowest BCUT2D eigenvalue weighted by Crippen LogP contribution is -2.31.